The van der Waals surface area contributed by atoms with Gasteiger partial charge in [0.15, 0.2) is 0 Å². The second kappa shape index (κ2) is 6.64. The quantitative estimate of drug-likeness (QED) is 0.693. The zero-order chi connectivity index (χ0) is 12.8. The lowest BCUT2D eigenvalue weighted by Gasteiger charge is -2.12. The molecule has 2 saturated carbocycles. The topological polar surface area (TPSA) is 50.1 Å². The molecule has 96 valence electrons. The van der Waals surface area contributed by atoms with E-state index in [1.54, 1.807) is 0 Å². The maximum atomic E-state index is 10.5. The number of esters is 1. The summed E-state index contributed by atoms with van der Waals surface area (Å²) >= 11 is 0. The zero-order valence-corrected chi connectivity index (χ0v) is 11.1. The average molecular weight is 237 g/mol. The summed E-state index contributed by atoms with van der Waals surface area (Å²) < 4.78 is 4.46. The van der Waals surface area contributed by atoms with Crippen molar-refractivity contribution in [2.24, 2.45) is 23.7 Å². The molecule has 0 saturated heterocycles. The van der Waals surface area contributed by atoms with Gasteiger partial charge in [-0.3, -0.25) is 4.79 Å². The third-order valence-corrected chi connectivity index (χ3v) is 4.12. The van der Waals surface area contributed by atoms with Crippen molar-refractivity contribution in [2.75, 3.05) is 7.11 Å². The van der Waals surface area contributed by atoms with E-state index in [0.29, 0.717) is 5.92 Å². The number of nitrogens with zero attached hydrogens (tertiary/aromatic N) is 1. The van der Waals surface area contributed by atoms with E-state index < -0.39 is 0 Å². The maximum absolute atomic E-state index is 10.5. The van der Waals surface area contributed by atoms with E-state index in [-0.39, 0.29) is 11.9 Å². The van der Waals surface area contributed by atoms with Crippen molar-refractivity contribution in [3.05, 3.63) is 0 Å². The van der Waals surface area contributed by atoms with Gasteiger partial charge >= 0.3 is 5.97 Å². The van der Waals surface area contributed by atoms with Crippen LogP contribution in [0.1, 0.15) is 46.0 Å². The molecule has 0 heterocycles. The molecule has 17 heavy (non-hydrogen) atoms. The third kappa shape index (κ3) is 3.73. The maximum Gasteiger partial charge on any atom is 0.308 e. The van der Waals surface area contributed by atoms with Gasteiger partial charge in [-0.15, -0.1) is 0 Å². The molecule has 2 aliphatic rings. The van der Waals surface area contributed by atoms with Gasteiger partial charge in [0.1, 0.15) is 0 Å². The summed E-state index contributed by atoms with van der Waals surface area (Å²) in [6.07, 6.45) is 6.16. The highest BCUT2D eigenvalue weighted by Crippen LogP contribution is 2.47. The Kier molecular flexibility index (Phi) is 5.47. The first-order valence-electron chi connectivity index (χ1n) is 6.59. The second-order valence-electron chi connectivity index (χ2n) is 5.24. The van der Waals surface area contributed by atoms with Gasteiger partial charge in [0.05, 0.1) is 19.1 Å². The van der Waals surface area contributed by atoms with Crippen molar-refractivity contribution < 1.29 is 9.53 Å². The molecule has 3 heteroatoms. The first kappa shape index (κ1) is 14.0. The van der Waals surface area contributed by atoms with Crippen LogP contribution < -0.4 is 0 Å². The number of methoxy groups -OCH3 is 1. The molecule has 0 aromatic carbocycles. The van der Waals surface area contributed by atoms with Gasteiger partial charge in [0.2, 0.25) is 0 Å². The second-order valence-corrected chi connectivity index (χ2v) is 5.24. The summed E-state index contributed by atoms with van der Waals surface area (Å²) in [6.45, 7) is 3.81. The normalized spacial score (nSPS) is 31.1. The molecule has 2 fully saturated rings. The van der Waals surface area contributed by atoms with Crippen LogP contribution in [0.15, 0.2) is 0 Å². The van der Waals surface area contributed by atoms with E-state index in [4.69, 9.17) is 5.26 Å². The van der Waals surface area contributed by atoms with E-state index in [1.165, 1.54) is 32.8 Å². The monoisotopic (exact) mass is 237 g/mol. The van der Waals surface area contributed by atoms with Crippen molar-refractivity contribution in [3.8, 4) is 6.07 Å². The van der Waals surface area contributed by atoms with E-state index in [0.717, 1.165) is 18.3 Å². The minimum atomic E-state index is -0.118. The van der Waals surface area contributed by atoms with Crippen LogP contribution in [0.3, 0.4) is 0 Å². The van der Waals surface area contributed by atoms with Crippen LogP contribution in [-0.2, 0) is 9.53 Å². The average Bonchev–Trinajstić information content (AvgIpc) is 2.99. The van der Waals surface area contributed by atoms with Crippen LogP contribution in [0.2, 0.25) is 0 Å². The summed E-state index contributed by atoms with van der Waals surface area (Å²) in [7, 11) is 1.41. The lowest BCUT2D eigenvalue weighted by Crippen LogP contribution is -2.10. The molecule has 2 rings (SSSR count). The predicted octanol–water partition coefficient (Wildman–Crippen LogP) is 3.15. The van der Waals surface area contributed by atoms with E-state index in [9.17, 15) is 4.79 Å². The molecular weight excluding hydrogens is 214 g/mol. The summed E-state index contributed by atoms with van der Waals surface area (Å²) in [5, 5.41) is 8.64. The number of ether oxygens (including phenoxy) is 1. The standard InChI is InChI=1S/C8H11N.C6H12O2/c9-5-8-4-6-1-2-7(8)3-6;1-4-5(2)6(7)8-3/h6-8H,1-4H2;5H,4H2,1-3H3. The van der Waals surface area contributed by atoms with Gasteiger partial charge in [-0.1, -0.05) is 20.3 Å². The number of fused-ring (bicyclic) bond motifs is 2. The number of hydrogen-bond donors (Lipinski definition) is 0. The Labute approximate surface area is 104 Å². The van der Waals surface area contributed by atoms with Gasteiger partial charge in [0.25, 0.3) is 0 Å². The minimum Gasteiger partial charge on any atom is -0.469 e. The first-order valence-corrected chi connectivity index (χ1v) is 6.59. The minimum absolute atomic E-state index is 0.0556. The lowest BCUT2D eigenvalue weighted by molar-refractivity contribution is -0.144. The molecule has 2 bridgehead atoms. The molecule has 0 radical (unpaired) electrons. The van der Waals surface area contributed by atoms with Crippen molar-refractivity contribution in [3.63, 3.8) is 0 Å². The highest BCUT2D eigenvalue weighted by atomic mass is 16.5. The fourth-order valence-corrected chi connectivity index (χ4v) is 2.77. The summed E-state index contributed by atoms with van der Waals surface area (Å²) in [5.41, 5.74) is 0. The van der Waals surface area contributed by atoms with E-state index in [1.807, 2.05) is 13.8 Å². The Morgan fingerprint density at radius 1 is 1.47 bits per heavy atom. The zero-order valence-electron chi connectivity index (χ0n) is 11.1. The number of carbonyl (C=O) groups excluding carboxylic acids is 1. The molecule has 0 aliphatic heterocycles. The smallest absolute Gasteiger partial charge is 0.308 e. The SMILES string of the molecule is CCC(C)C(=O)OC.N#CC1CC2CCC1C2. The van der Waals surface area contributed by atoms with Crippen LogP contribution >= 0.6 is 0 Å². The Morgan fingerprint density at radius 3 is 2.41 bits per heavy atom. The Hall–Kier alpha value is -1.04. The molecule has 0 amide bonds. The van der Waals surface area contributed by atoms with Crippen molar-refractivity contribution in [1.29, 1.82) is 5.26 Å². The van der Waals surface area contributed by atoms with Gasteiger partial charge in [-0.2, -0.15) is 5.26 Å². The fraction of sp³-hybridized carbons (Fsp3) is 0.857. The first-order chi connectivity index (χ1) is 8.12. The van der Waals surface area contributed by atoms with Crippen molar-refractivity contribution in [2.45, 2.75) is 46.0 Å². The fourth-order valence-electron chi connectivity index (χ4n) is 2.77. The van der Waals surface area contributed by atoms with E-state index >= 15 is 0 Å². The Bertz CT molecular complexity index is 295. The van der Waals surface area contributed by atoms with Crippen molar-refractivity contribution in [1.82, 2.24) is 0 Å². The van der Waals surface area contributed by atoms with Crippen LogP contribution in [-0.4, -0.2) is 13.1 Å². The molecule has 3 nitrogen and oxygen atoms in total. The summed E-state index contributed by atoms with van der Waals surface area (Å²) in [4.78, 5) is 10.5. The highest BCUT2D eigenvalue weighted by molar-refractivity contribution is 5.71. The predicted molar refractivity (Wildman–Crippen MR) is 66.0 cm³/mol. The largest absolute Gasteiger partial charge is 0.469 e. The number of hydrogen-bond acceptors (Lipinski definition) is 3. The molecule has 4 unspecified atom stereocenters. The van der Waals surface area contributed by atoms with Gasteiger partial charge in [0, 0.05) is 5.92 Å². The van der Waals surface area contributed by atoms with Crippen LogP contribution in [0.5, 0.6) is 0 Å². The van der Waals surface area contributed by atoms with Crippen molar-refractivity contribution >= 4 is 5.97 Å². The number of rotatable bonds is 2. The van der Waals surface area contributed by atoms with Crippen LogP contribution in [0.25, 0.3) is 0 Å². The Morgan fingerprint density at radius 2 is 2.18 bits per heavy atom. The number of carbonyl (C=O) groups is 1. The van der Waals surface area contributed by atoms with Crippen LogP contribution in [0.4, 0.5) is 0 Å². The highest BCUT2D eigenvalue weighted by Gasteiger charge is 2.39. The van der Waals surface area contributed by atoms with E-state index in [2.05, 4.69) is 10.8 Å². The molecule has 0 aromatic heterocycles. The molecule has 0 N–H and O–H groups in total. The summed E-state index contributed by atoms with van der Waals surface area (Å²) in [5.74, 6) is 2.09. The Balaban J connectivity index is 0.000000172. The van der Waals surface area contributed by atoms with Crippen LogP contribution in [0, 0.1) is 35.0 Å². The molecule has 4 atom stereocenters. The number of nitriles is 1. The molecule has 0 aromatic rings. The molecular formula is C14H23NO2. The molecule has 0 spiro atoms. The lowest BCUT2D eigenvalue weighted by atomic mass is 9.90. The third-order valence-electron chi connectivity index (χ3n) is 4.12. The van der Waals surface area contributed by atoms with Gasteiger partial charge in [-0.05, 0) is 37.5 Å². The van der Waals surface area contributed by atoms with Gasteiger partial charge in [-0.25, -0.2) is 0 Å². The summed E-state index contributed by atoms with van der Waals surface area (Å²) in [6, 6.07) is 2.40. The molecule has 2 aliphatic carbocycles. The van der Waals surface area contributed by atoms with Gasteiger partial charge < -0.3 is 4.74 Å².